The number of hydrogen-bond acceptors (Lipinski definition) is 7. The van der Waals surface area contributed by atoms with Crippen molar-refractivity contribution in [3.8, 4) is 11.1 Å². The molecule has 1 amide bonds. The van der Waals surface area contributed by atoms with E-state index in [1.165, 1.54) is 23.8 Å². The Kier molecular flexibility index (Phi) is 13.1. The van der Waals surface area contributed by atoms with Crippen LogP contribution in [0.15, 0.2) is 60.2 Å². The quantitative estimate of drug-likeness (QED) is 0.166. The second-order valence-electron chi connectivity index (χ2n) is 10.9. The number of piperidine rings is 1. The molecule has 2 aliphatic rings. The standard InChI is InChI=1S/C25H27FN4O2.C6H11NO.C3H8/c1-2-16-8-11-29(12-9-16)24-19-5-3-4-18(23(19)27-15-28-24)17-6-7-21(20(26)14-17)30-13-10-22(31)25(30)32;1-4-5-6(2)8-7-3;1-3-2/h3-7,14-16,22,31H,2,8-13H2,1H3;2-5H2,1H3;3H2,1-2H3/t22-;;/m1../s1. The summed E-state index contributed by atoms with van der Waals surface area (Å²) in [6, 6.07) is 10.8. The van der Waals surface area contributed by atoms with Crippen LogP contribution in [-0.4, -0.2) is 53.4 Å². The number of rotatable bonds is 8. The van der Waals surface area contributed by atoms with Crippen LogP contribution in [0.5, 0.6) is 0 Å². The summed E-state index contributed by atoms with van der Waals surface area (Å²) in [5.41, 5.74) is 2.51. The molecular weight excluding hydrogens is 545 g/mol. The monoisotopic (exact) mass is 591 g/mol. The highest BCUT2D eigenvalue weighted by atomic mass is 19.1. The Morgan fingerprint density at radius 1 is 1.09 bits per heavy atom. The normalized spacial score (nSPS) is 16.7. The minimum absolute atomic E-state index is 0.199. The number of amides is 1. The molecule has 9 heteroatoms. The van der Waals surface area contributed by atoms with Gasteiger partial charge in [0.15, 0.2) is 0 Å². The smallest absolute Gasteiger partial charge is 0.255 e. The molecule has 0 aliphatic carbocycles. The maximum absolute atomic E-state index is 15.0. The minimum atomic E-state index is -1.05. The van der Waals surface area contributed by atoms with Crippen LogP contribution >= 0.6 is 0 Å². The number of carbonyl (C=O) groups excluding carboxylic acids is 1. The fraction of sp³-hybridized carbons (Fsp3) is 0.471. The van der Waals surface area contributed by atoms with Crippen molar-refractivity contribution < 1.29 is 19.1 Å². The van der Waals surface area contributed by atoms with Gasteiger partial charge in [0.1, 0.15) is 29.8 Å². The summed E-state index contributed by atoms with van der Waals surface area (Å²) in [7, 11) is 0. The van der Waals surface area contributed by atoms with Gasteiger partial charge in [-0.1, -0.05) is 70.5 Å². The minimum Gasteiger partial charge on any atom is -0.383 e. The van der Waals surface area contributed by atoms with Gasteiger partial charge < -0.3 is 19.7 Å². The number of aliphatic hydroxyl groups excluding tert-OH is 1. The van der Waals surface area contributed by atoms with Crippen molar-refractivity contribution in [2.45, 2.75) is 78.7 Å². The number of carbonyl (C=O) groups is 1. The molecule has 232 valence electrons. The van der Waals surface area contributed by atoms with E-state index in [0.29, 0.717) is 24.3 Å². The van der Waals surface area contributed by atoms with E-state index in [0.717, 1.165) is 67.0 Å². The van der Waals surface area contributed by atoms with Gasteiger partial charge in [0.2, 0.25) is 0 Å². The van der Waals surface area contributed by atoms with Crippen molar-refractivity contribution in [2.24, 2.45) is 11.1 Å². The predicted molar refractivity (Wildman–Crippen MR) is 174 cm³/mol. The van der Waals surface area contributed by atoms with Crippen molar-refractivity contribution in [2.75, 3.05) is 29.4 Å². The van der Waals surface area contributed by atoms with Gasteiger partial charge in [-0.3, -0.25) is 4.79 Å². The SMILES string of the molecule is C=NOC(=C)CCC.CCC.CCC1CCN(c2ncnc3c(-c4ccc(N5CC[C@@H](O)C5=O)c(F)c4)cccc23)CC1. The lowest BCUT2D eigenvalue weighted by atomic mass is 9.94. The van der Waals surface area contributed by atoms with Gasteiger partial charge in [-0.15, -0.1) is 0 Å². The lowest BCUT2D eigenvalue weighted by molar-refractivity contribution is -0.124. The van der Waals surface area contributed by atoms with Crippen LogP contribution in [0, 0.1) is 11.7 Å². The van der Waals surface area contributed by atoms with Crippen molar-refractivity contribution in [1.82, 2.24) is 9.97 Å². The number of hydrogen-bond donors (Lipinski definition) is 1. The molecule has 2 aromatic carbocycles. The molecule has 8 nitrogen and oxygen atoms in total. The van der Waals surface area contributed by atoms with Gasteiger partial charge in [0.05, 0.1) is 11.2 Å². The Balaban J connectivity index is 0.000000396. The number of para-hydroxylation sites is 1. The molecule has 43 heavy (non-hydrogen) atoms. The molecule has 2 saturated heterocycles. The molecule has 5 rings (SSSR count). The predicted octanol–water partition coefficient (Wildman–Crippen LogP) is 7.51. The fourth-order valence-corrected chi connectivity index (χ4v) is 5.33. The lowest BCUT2D eigenvalue weighted by Gasteiger charge is -2.33. The third-order valence-electron chi connectivity index (χ3n) is 7.58. The first-order chi connectivity index (χ1) is 20.8. The molecule has 2 fully saturated rings. The number of nitrogens with zero attached hydrogens (tertiary/aromatic N) is 5. The van der Waals surface area contributed by atoms with E-state index in [2.05, 4.69) is 65.9 Å². The number of halogens is 1. The molecule has 1 atom stereocenters. The van der Waals surface area contributed by atoms with Gasteiger partial charge in [0, 0.05) is 50.1 Å². The summed E-state index contributed by atoms with van der Waals surface area (Å²) in [4.78, 5) is 29.5. The molecule has 3 heterocycles. The molecule has 0 spiro atoms. The van der Waals surface area contributed by atoms with Crippen LogP contribution < -0.4 is 9.80 Å². The van der Waals surface area contributed by atoms with E-state index in [1.807, 2.05) is 18.2 Å². The molecule has 1 aromatic heterocycles. The van der Waals surface area contributed by atoms with E-state index in [1.54, 1.807) is 18.5 Å². The van der Waals surface area contributed by atoms with Crippen molar-refractivity contribution in [1.29, 1.82) is 0 Å². The van der Waals surface area contributed by atoms with Crippen LogP contribution in [0.25, 0.3) is 22.0 Å². The van der Waals surface area contributed by atoms with E-state index in [-0.39, 0.29) is 5.69 Å². The highest BCUT2D eigenvalue weighted by Crippen LogP contribution is 2.35. The summed E-state index contributed by atoms with van der Waals surface area (Å²) >= 11 is 0. The Bertz CT molecular complexity index is 1370. The third-order valence-corrected chi connectivity index (χ3v) is 7.58. The second-order valence-corrected chi connectivity index (χ2v) is 10.9. The maximum Gasteiger partial charge on any atom is 0.255 e. The molecule has 0 radical (unpaired) electrons. The summed E-state index contributed by atoms with van der Waals surface area (Å²) in [6.45, 7) is 17.6. The zero-order valence-electron chi connectivity index (χ0n) is 26.1. The Labute approximate surface area is 255 Å². The first kappa shape index (κ1) is 33.6. The zero-order valence-corrected chi connectivity index (χ0v) is 26.1. The average Bonchev–Trinajstić information content (AvgIpc) is 3.34. The number of anilines is 2. The largest absolute Gasteiger partial charge is 0.383 e. The van der Waals surface area contributed by atoms with Gasteiger partial charge in [0.25, 0.3) is 5.91 Å². The van der Waals surface area contributed by atoms with E-state index in [4.69, 9.17) is 0 Å². The molecule has 0 unspecified atom stereocenters. The van der Waals surface area contributed by atoms with Gasteiger partial charge >= 0.3 is 0 Å². The summed E-state index contributed by atoms with van der Waals surface area (Å²) < 4.78 is 15.0. The number of oxime groups is 1. The molecule has 0 bridgehead atoms. The first-order valence-electron chi connectivity index (χ1n) is 15.4. The molecule has 2 aliphatic heterocycles. The van der Waals surface area contributed by atoms with Crippen LogP contribution in [0.2, 0.25) is 0 Å². The zero-order chi connectivity index (χ0) is 31.4. The number of aromatic nitrogens is 2. The highest BCUT2D eigenvalue weighted by Gasteiger charge is 2.32. The van der Waals surface area contributed by atoms with Gasteiger partial charge in [-0.25, -0.2) is 14.4 Å². The number of aliphatic hydroxyl groups is 1. The van der Waals surface area contributed by atoms with Crippen LogP contribution in [0.1, 0.15) is 72.6 Å². The van der Waals surface area contributed by atoms with Gasteiger partial charge in [-0.05, 0) is 48.9 Å². The van der Waals surface area contributed by atoms with E-state index >= 15 is 4.39 Å². The van der Waals surface area contributed by atoms with Crippen molar-refractivity contribution >= 4 is 35.0 Å². The topological polar surface area (TPSA) is 91.2 Å². The summed E-state index contributed by atoms with van der Waals surface area (Å²) in [5, 5.41) is 13.9. The molecule has 1 N–H and O–H groups in total. The average molecular weight is 592 g/mol. The summed E-state index contributed by atoms with van der Waals surface area (Å²) in [5.74, 6) is 1.45. The second kappa shape index (κ2) is 16.7. The van der Waals surface area contributed by atoms with Crippen LogP contribution in [-0.2, 0) is 9.63 Å². The third kappa shape index (κ3) is 8.60. The van der Waals surface area contributed by atoms with Crippen molar-refractivity contribution in [3.63, 3.8) is 0 Å². The van der Waals surface area contributed by atoms with Gasteiger partial charge in [-0.2, -0.15) is 0 Å². The van der Waals surface area contributed by atoms with Crippen molar-refractivity contribution in [3.05, 3.63) is 60.9 Å². The first-order valence-corrected chi connectivity index (χ1v) is 15.4. The Morgan fingerprint density at radius 2 is 1.81 bits per heavy atom. The van der Waals surface area contributed by atoms with E-state index in [9.17, 15) is 9.90 Å². The molecule has 0 saturated carbocycles. The summed E-state index contributed by atoms with van der Waals surface area (Å²) in [6.07, 6.45) is 7.54. The van der Waals surface area contributed by atoms with E-state index < -0.39 is 17.8 Å². The van der Waals surface area contributed by atoms with Crippen LogP contribution in [0.4, 0.5) is 15.9 Å². The Hall–Kier alpha value is -3.85. The number of fused-ring (bicyclic) bond motifs is 1. The maximum atomic E-state index is 15.0. The fourth-order valence-electron chi connectivity index (χ4n) is 5.33. The van der Waals surface area contributed by atoms with Crippen LogP contribution in [0.3, 0.4) is 0 Å². The number of allylic oxidation sites excluding steroid dienone is 1. The lowest BCUT2D eigenvalue weighted by Crippen LogP contribution is -2.34. The highest BCUT2D eigenvalue weighted by molar-refractivity contribution is 6.01. The number of benzene rings is 2. The Morgan fingerprint density at radius 3 is 2.40 bits per heavy atom. The molecular formula is C34H46FN5O3. The molecule has 3 aromatic rings.